The lowest BCUT2D eigenvalue weighted by molar-refractivity contribution is -0.128. The Hall–Kier alpha value is -1.35. The molecule has 3 heteroatoms. The Labute approximate surface area is 109 Å². The number of aryl methyl sites for hydroxylation is 1. The van der Waals surface area contributed by atoms with Crippen LogP contribution in [0.1, 0.15) is 30.5 Å². The topological polar surface area (TPSA) is 32.3 Å². The molecule has 1 aliphatic rings. The molecule has 1 saturated heterocycles. The van der Waals surface area contributed by atoms with E-state index in [0.29, 0.717) is 12.3 Å². The molecule has 0 radical (unpaired) electrons. The molecule has 1 heterocycles. The minimum Gasteiger partial charge on any atom is -0.340 e. The minimum atomic E-state index is 0.222. The van der Waals surface area contributed by atoms with Crippen molar-refractivity contribution in [2.75, 3.05) is 20.1 Å². The zero-order valence-electron chi connectivity index (χ0n) is 11.4. The van der Waals surface area contributed by atoms with Gasteiger partial charge in [-0.3, -0.25) is 4.79 Å². The molecule has 0 spiro atoms. The van der Waals surface area contributed by atoms with Crippen LogP contribution in [0.2, 0.25) is 0 Å². The Morgan fingerprint density at radius 1 is 1.39 bits per heavy atom. The highest BCUT2D eigenvalue weighted by atomic mass is 16.2. The van der Waals surface area contributed by atoms with E-state index in [2.05, 4.69) is 43.4 Å². The van der Waals surface area contributed by atoms with Gasteiger partial charge in [-0.15, -0.1) is 0 Å². The van der Waals surface area contributed by atoms with Gasteiger partial charge in [0.15, 0.2) is 0 Å². The molecular formula is C15H22N2O. The van der Waals surface area contributed by atoms with Crippen molar-refractivity contribution < 1.29 is 4.79 Å². The van der Waals surface area contributed by atoms with E-state index in [1.807, 2.05) is 11.9 Å². The van der Waals surface area contributed by atoms with Gasteiger partial charge in [0.25, 0.3) is 0 Å². The van der Waals surface area contributed by atoms with Crippen LogP contribution in [0.3, 0.4) is 0 Å². The molecular weight excluding hydrogens is 224 g/mol. The lowest BCUT2D eigenvalue weighted by Crippen LogP contribution is -2.34. The largest absolute Gasteiger partial charge is 0.340 e. The van der Waals surface area contributed by atoms with Gasteiger partial charge in [-0.05, 0) is 25.5 Å². The molecule has 2 atom stereocenters. The van der Waals surface area contributed by atoms with Gasteiger partial charge in [0, 0.05) is 25.6 Å². The fourth-order valence-electron chi connectivity index (χ4n) is 2.53. The Morgan fingerprint density at radius 3 is 2.56 bits per heavy atom. The van der Waals surface area contributed by atoms with Crippen LogP contribution in [-0.2, 0) is 4.79 Å². The minimum absolute atomic E-state index is 0.222. The summed E-state index contributed by atoms with van der Waals surface area (Å²) >= 11 is 0. The molecule has 1 fully saturated rings. The number of likely N-dealkylation sites (N-methyl/N-ethyl adjacent to an activating group) is 1. The second kappa shape index (κ2) is 5.53. The van der Waals surface area contributed by atoms with Crippen LogP contribution in [0.5, 0.6) is 0 Å². The second-order valence-corrected chi connectivity index (χ2v) is 5.36. The molecule has 0 aromatic heterocycles. The molecule has 1 aromatic rings. The third kappa shape index (κ3) is 2.91. The standard InChI is InChI=1S/C15H22N2O/c1-11-4-6-13(7-5-11)14(16-3)10-17-9-12(2)8-15(17)18/h4-7,12,14,16H,8-10H2,1-3H3. The SMILES string of the molecule is CNC(CN1CC(C)CC1=O)c1ccc(C)cc1. The Balaban J connectivity index is 2.05. The maximum absolute atomic E-state index is 11.8. The number of amides is 1. The first-order valence-corrected chi connectivity index (χ1v) is 6.61. The highest BCUT2D eigenvalue weighted by Gasteiger charge is 2.28. The van der Waals surface area contributed by atoms with Crippen LogP contribution in [0.15, 0.2) is 24.3 Å². The summed E-state index contributed by atoms with van der Waals surface area (Å²) in [6.07, 6.45) is 0.699. The molecule has 98 valence electrons. The Morgan fingerprint density at radius 2 is 2.06 bits per heavy atom. The summed E-state index contributed by atoms with van der Waals surface area (Å²) in [6, 6.07) is 8.74. The molecule has 1 N–H and O–H groups in total. The van der Waals surface area contributed by atoms with Crippen LogP contribution in [0.4, 0.5) is 0 Å². The van der Waals surface area contributed by atoms with Crippen LogP contribution in [0.25, 0.3) is 0 Å². The van der Waals surface area contributed by atoms with E-state index in [0.717, 1.165) is 13.1 Å². The van der Waals surface area contributed by atoms with Crippen LogP contribution >= 0.6 is 0 Å². The van der Waals surface area contributed by atoms with Gasteiger partial charge in [0.2, 0.25) is 5.91 Å². The average molecular weight is 246 g/mol. The number of likely N-dealkylation sites (tertiary alicyclic amines) is 1. The first-order chi connectivity index (χ1) is 8.60. The first kappa shape index (κ1) is 13.1. The van der Waals surface area contributed by atoms with Crippen molar-refractivity contribution in [1.29, 1.82) is 0 Å². The van der Waals surface area contributed by atoms with E-state index < -0.39 is 0 Å². The van der Waals surface area contributed by atoms with E-state index in [9.17, 15) is 4.79 Å². The summed E-state index contributed by atoms with van der Waals surface area (Å²) in [4.78, 5) is 13.8. The van der Waals surface area contributed by atoms with E-state index in [1.54, 1.807) is 0 Å². The number of benzene rings is 1. The van der Waals surface area contributed by atoms with Gasteiger partial charge < -0.3 is 10.2 Å². The van der Waals surface area contributed by atoms with Crippen molar-refractivity contribution in [2.45, 2.75) is 26.3 Å². The normalized spacial score (nSPS) is 21.4. The van der Waals surface area contributed by atoms with Crippen LogP contribution in [-0.4, -0.2) is 30.9 Å². The maximum atomic E-state index is 11.8. The van der Waals surface area contributed by atoms with E-state index in [-0.39, 0.29) is 11.9 Å². The second-order valence-electron chi connectivity index (χ2n) is 5.36. The molecule has 1 amide bonds. The quantitative estimate of drug-likeness (QED) is 0.882. The molecule has 0 aliphatic carbocycles. The zero-order chi connectivity index (χ0) is 13.1. The Bertz CT molecular complexity index is 413. The number of carbonyl (C=O) groups excluding carboxylic acids is 1. The van der Waals surface area contributed by atoms with Crippen molar-refractivity contribution in [2.24, 2.45) is 5.92 Å². The van der Waals surface area contributed by atoms with E-state index in [1.165, 1.54) is 11.1 Å². The third-order valence-corrected chi connectivity index (χ3v) is 3.64. The first-order valence-electron chi connectivity index (χ1n) is 6.61. The summed E-state index contributed by atoms with van der Waals surface area (Å²) < 4.78 is 0. The number of nitrogens with one attached hydrogen (secondary N) is 1. The summed E-state index contributed by atoms with van der Waals surface area (Å²) in [5, 5.41) is 3.31. The van der Waals surface area contributed by atoms with Crippen molar-refractivity contribution >= 4 is 5.91 Å². The molecule has 2 unspecified atom stereocenters. The third-order valence-electron chi connectivity index (χ3n) is 3.64. The van der Waals surface area contributed by atoms with Gasteiger partial charge in [-0.1, -0.05) is 36.8 Å². The summed E-state index contributed by atoms with van der Waals surface area (Å²) in [6.45, 7) is 5.88. The van der Waals surface area contributed by atoms with Crippen LogP contribution in [0, 0.1) is 12.8 Å². The Kier molecular flexibility index (Phi) is 4.02. The summed E-state index contributed by atoms with van der Waals surface area (Å²) in [5.74, 6) is 0.780. The molecule has 2 rings (SSSR count). The van der Waals surface area contributed by atoms with Crippen molar-refractivity contribution in [3.63, 3.8) is 0 Å². The van der Waals surface area contributed by atoms with Gasteiger partial charge in [-0.2, -0.15) is 0 Å². The monoisotopic (exact) mass is 246 g/mol. The number of hydrogen-bond acceptors (Lipinski definition) is 2. The number of hydrogen-bond donors (Lipinski definition) is 1. The number of rotatable bonds is 4. The fourth-order valence-corrected chi connectivity index (χ4v) is 2.53. The summed E-state index contributed by atoms with van der Waals surface area (Å²) in [7, 11) is 1.95. The predicted molar refractivity (Wildman–Crippen MR) is 73.3 cm³/mol. The zero-order valence-corrected chi connectivity index (χ0v) is 11.4. The van der Waals surface area contributed by atoms with Crippen molar-refractivity contribution in [1.82, 2.24) is 10.2 Å². The lowest BCUT2D eigenvalue weighted by Gasteiger charge is -2.24. The van der Waals surface area contributed by atoms with E-state index >= 15 is 0 Å². The van der Waals surface area contributed by atoms with Crippen molar-refractivity contribution in [3.8, 4) is 0 Å². The maximum Gasteiger partial charge on any atom is 0.222 e. The predicted octanol–water partition coefficient (Wildman–Crippen LogP) is 2.12. The number of carbonyl (C=O) groups is 1. The smallest absolute Gasteiger partial charge is 0.222 e. The van der Waals surface area contributed by atoms with Crippen LogP contribution < -0.4 is 5.32 Å². The van der Waals surface area contributed by atoms with Gasteiger partial charge in [-0.25, -0.2) is 0 Å². The highest BCUT2D eigenvalue weighted by molar-refractivity contribution is 5.78. The number of nitrogens with zero attached hydrogens (tertiary/aromatic N) is 1. The summed E-state index contributed by atoms with van der Waals surface area (Å²) in [5.41, 5.74) is 2.51. The molecule has 0 saturated carbocycles. The molecule has 0 bridgehead atoms. The molecule has 18 heavy (non-hydrogen) atoms. The van der Waals surface area contributed by atoms with Gasteiger partial charge in [0.05, 0.1) is 0 Å². The van der Waals surface area contributed by atoms with Crippen molar-refractivity contribution in [3.05, 3.63) is 35.4 Å². The average Bonchev–Trinajstić information content (AvgIpc) is 2.66. The highest BCUT2D eigenvalue weighted by Crippen LogP contribution is 2.21. The lowest BCUT2D eigenvalue weighted by atomic mass is 10.0. The van der Waals surface area contributed by atoms with Gasteiger partial charge >= 0.3 is 0 Å². The molecule has 3 nitrogen and oxygen atoms in total. The van der Waals surface area contributed by atoms with E-state index in [4.69, 9.17) is 0 Å². The van der Waals surface area contributed by atoms with Gasteiger partial charge in [0.1, 0.15) is 0 Å². The fraction of sp³-hybridized carbons (Fsp3) is 0.533. The molecule has 1 aliphatic heterocycles. The molecule has 1 aromatic carbocycles.